The first-order valence-electron chi connectivity index (χ1n) is 6.49. The second-order valence-corrected chi connectivity index (χ2v) is 8.42. The van der Waals surface area contributed by atoms with Crippen LogP contribution in [0.4, 0.5) is 0 Å². The zero-order valence-corrected chi connectivity index (χ0v) is 14.7. The molecule has 6 heteroatoms. The van der Waals surface area contributed by atoms with Crippen molar-refractivity contribution < 1.29 is 4.79 Å². The summed E-state index contributed by atoms with van der Waals surface area (Å²) >= 11 is 5.63. The number of amides is 1. The Balaban J connectivity index is 1.54. The molecule has 3 heterocycles. The molecule has 0 saturated carbocycles. The van der Waals surface area contributed by atoms with Crippen molar-refractivity contribution in [1.29, 1.82) is 0 Å². The van der Waals surface area contributed by atoms with Gasteiger partial charge in [-0.2, -0.15) is 11.3 Å². The van der Waals surface area contributed by atoms with Crippen molar-refractivity contribution in [3.05, 3.63) is 42.3 Å². The topological polar surface area (TPSA) is 23.6 Å². The summed E-state index contributed by atoms with van der Waals surface area (Å²) in [5.74, 6) is 0.180. The van der Waals surface area contributed by atoms with Crippen molar-refractivity contribution in [3.63, 3.8) is 0 Å². The van der Waals surface area contributed by atoms with E-state index in [-0.39, 0.29) is 5.91 Å². The second kappa shape index (κ2) is 6.55. The third-order valence-electron chi connectivity index (χ3n) is 3.46. The van der Waals surface area contributed by atoms with E-state index in [0.29, 0.717) is 0 Å². The van der Waals surface area contributed by atoms with Gasteiger partial charge in [0.2, 0.25) is 0 Å². The molecular formula is C14H15IN2OS2. The van der Waals surface area contributed by atoms with Crippen molar-refractivity contribution in [2.24, 2.45) is 0 Å². The third-order valence-corrected chi connectivity index (χ3v) is 5.98. The van der Waals surface area contributed by atoms with E-state index >= 15 is 0 Å². The van der Waals surface area contributed by atoms with Gasteiger partial charge in [0, 0.05) is 38.1 Å². The lowest BCUT2D eigenvalue weighted by atomic mass is 10.2. The number of carbonyl (C=O) groups excluding carboxylic acids is 1. The van der Waals surface area contributed by atoms with E-state index < -0.39 is 0 Å². The summed E-state index contributed by atoms with van der Waals surface area (Å²) < 4.78 is 1.17. The molecule has 0 aliphatic carbocycles. The zero-order chi connectivity index (χ0) is 13.9. The lowest BCUT2D eigenvalue weighted by molar-refractivity contribution is 0.0629. The van der Waals surface area contributed by atoms with Crippen molar-refractivity contribution in [3.8, 4) is 0 Å². The Hall–Kier alpha value is -0.440. The van der Waals surface area contributed by atoms with Crippen LogP contribution < -0.4 is 0 Å². The van der Waals surface area contributed by atoms with Gasteiger partial charge in [-0.15, -0.1) is 11.3 Å². The van der Waals surface area contributed by atoms with Gasteiger partial charge in [0.1, 0.15) is 0 Å². The van der Waals surface area contributed by atoms with E-state index in [1.54, 1.807) is 22.7 Å². The molecule has 1 saturated heterocycles. The number of nitrogens with zero attached hydrogens (tertiary/aromatic N) is 2. The first-order chi connectivity index (χ1) is 9.72. The fourth-order valence-electron chi connectivity index (χ4n) is 2.35. The van der Waals surface area contributed by atoms with Gasteiger partial charge in [-0.25, -0.2) is 0 Å². The van der Waals surface area contributed by atoms with E-state index in [0.717, 1.165) is 38.3 Å². The number of thiophene rings is 2. The second-order valence-electron chi connectivity index (χ2n) is 4.84. The average molecular weight is 418 g/mol. The number of rotatable bonds is 3. The predicted octanol–water partition coefficient (Wildman–Crippen LogP) is 3.37. The molecule has 0 spiro atoms. The Morgan fingerprint density at radius 1 is 1.25 bits per heavy atom. The van der Waals surface area contributed by atoms with Gasteiger partial charge >= 0.3 is 0 Å². The highest BCUT2D eigenvalue weighted by atomic mass is 127. The number of piperazine rings is 1. The molecule has 1 amide bonds. The Labute approximate surface area is 140 Å². The highest BCUT2D eigenvalue weighted by Gasteiger charge is 2.22. The van der Waals surface area contributed by atoms with E-state index in [2.05, 4.69) is 44.3 Å². The summed E-state index contributed by atoms with van der Waals surface area (Å²) in [5.41, 5.74) is 2.22. The van der Waals surface area contributed by atoms with Crippen LogP contribution in [0.5, 0.6) is 0 Å². The van der Waals surface area contributed by atoms with Crippen molar-refractivity contribution in [2.45, 2.75) is 6.54 Å². The van der Waals surface area contributed by atoms with Gasteiger partial charge in [-0.1, -0.05) is 0 Å². The molecule has 0 aromatic carbocycles. The van der Waals surface area contributed by atoms with Gasteiger partial charge in [0.25, 0.3) is 5.91 Å². The molecule has 0 atom stereocenters. The molecule has 20 heavy (non-hydrogen) atoms. The third kappa shape index (κ3) is 3.41. The maximum atomic E-state index is 12.3. The van der Waals surface area contributed by atoms with Crippen LogP contribution in [-0.4, -0.2) is 41.9 Å². The van der Waals surface area contributed by atoms with Gasteiger partial charge in [-0.3, -0.25) is 9.69 Å². The fraction of sp³-hybridized carbons (Fsp3) is 0.357. The molecule has 106 valence electrons. The van der Waals surface area contributed by atoms with Gasteiger partial charge in [-0.05, 0) is 51.0 Å². The molecule has 0 bridgehead atoms. The van der Waals surface area contributed by atoms with Gasteiger partial charge in [0.15, 0.2) is 0 Å². The van der Waals surface area contributed by atoms with Crippen LogP contribution in [-0.2, 0) is 6.54 Å². The monoisotopic (exact) mass is 418 g/mol. The molecular weight excluding hydrogens is 403 g/mol. The Morgan fingerprint density at radius 2 is 2.05 bits per heavy atom. The summed E-state index contributed by atoms with van der Waals surface area (Å²) in [6.07, 6.45) is 0. The maximum absolute atomic E-state index is 12.3. The minimum atomic E-state index is 0.180. The highest BCUT2D eigenvalue weighted by Crippen LogP contribution is 2.19. The molecule has 0 N–H and O–H groups in total. The molecule has 0 unspecified atom stereocenters. The summed E-state index contributed by atoms with van der Waals surface area (Å²) in [6.45, 7) is 4.58. The van der Waals surface area contributed by atoms with E-state index in [1.165, 1.54) is 8.45 Å². The standard InChI is InChI=1S/C14H15IN2OS2/c15-13-7-12(10-20-13)14(18)17-4-2-16(3-5-17)8-11-1-6-19-9-11/h1,6-7,9-10H,2-5,8H2. The van der Waals surface area contributed by atoms with Crippen LogP contribution in [0.25, 0.3) is 0 Å². The quantitative estimate of drug-likeness (QED) is 0.714. The zero-order valence-electron chi connectivity index (χ0n) is 10.9. The minimum absolute atomic E-state index is 0.180. The maximum Gasteiger partial charge on any atom is 0.254 e. The van der Waals surface area contributed by atoms with Crippen LogP contribution in [0.2, 0.25) is 0 Å². The minimum Gasteiger partial charge on any atom is -0.336 e. The normalized spacial score (nSPS) is 16.6. The van der Waals surface area contributed by atoms with Crippen LogP contribution in [0.15, 0.2) is 28.3 Å². The molecule has 3 rings (SSSR count). The first kappa shape index (κ1) is 14.5. The Bertz CT molecular complexity index is 574. The molecule has 0 radical (unpaired) electrons. The van der Waals surface area contributed by atoms with Crippen LogP contribution >= 0.6 is 45.3 Å². The largest absolute Gasteiger partial charge is 0.336 e. The Kier molecular flexibility index (Phi) is 4.75. The van der Waals surface area contributed by atoms with Crippen LogP contribution in [0, 0.1) is 2.88 Å². The van der Waals surface area contributed by atoms with Crippen molar-refractivity contribution in [2.75, 3.05) is 26.2 Å². The smallest absolute Gasteiger partial charge is 0.254 e. The highest BCUT2D eigenvalue weighted by molar-refractivity contribution is 14.1. The summed E-state index contributed by atoms with van der Waals surface area (Å²) in [6, 6.07) is 4.15. The van der Waals surface area contributed by atoms with Gasteiger partial charge in [0.05, 0.1) is 8.45 Å². The SMILES string of the molecule is O=C(c1csc(I)c1)N1CCN(Cc2ccsc2)CC1. The summed E-state index contributed by atoms with van der Waals surface area (Å²) in [7, 11) is 0. The Morgan fingerprint density at radius 3 is 2.65 bits per heavy atom. The summed E-state index contributed by atoms with van der Waals surface area (Å²) in [5, 5.41) is 6.28. The van der Waals surface area contributed by atoms with E-state index in [4.69, 9.17) is 0 Å². The number of halogens is 1. The molecule has 2 aromatic heterocycles. The van der Waals surface area contributed by atoms with E-state index in [9.17, 15) is 4.79 Å². The lowest BCUT2D eigenvalue weighted by Gasteiger charge is -2.34. The summed E-state index contributed by atoms with van der Waals surface area (Å²) in [4.78, 5) is 16.7. The molecule has 1 fully saturated rings. The number of carbonyl (C=O) groups is 1. The van der Waals surface area contributed by atoms with E-state index in [1.807, 2.05) is 16.3 Å². The molecule has 3 nitrogen and oxygen atoms in total. The molecule has 1 aliphatic rings. The number of hydrogen-bond acceptors (Lipinski definition) is 4. The first-order valence-corrected chi connectivity index (χ1v) is 9.39. The molecule has 1 aliphatic heterocycles. The van der Waals surface area contributed by atoms with Crippen molar-refractivity contribution >= 4 is 51.2 Å². The van der Waals surface area contributed by atoms with Crippen molar-refractivity contribution in [1.82, 2.24) is 9.80 Å². The lowest BCUT2D eigenvalue weighted by Crippen LogP contribution is -2.48. The average Bonchev–Trinajstić information content (AvgIpc) is 3.10. The number of hydrogen-bond donors (Lipinski definition) is 0. The van der Waals surface area contributed by atoms with Gasteiger partial charge < -0.3 is 4.90 Å². The van der Waals surface area contributed by atoms with Crippen LogP contribution in [0.1, 0.15) is 15.9 Å². The fourth-order valence-corrected chi connectivity index (χ4v) is 4.33. The van der Waals surface area contributed by atoms with Crippen LogP contribution in [0.3, 0.4) is 0 Å². The molecule has 2 aromatic rings. The predicted molar refractivity (Wildman–Crippen MR) is 92.5 cm³/mol.